The molecule has 1 N–H and O–H groups in total. The van der Waals surface area contributed by atoms with E-state index >= 15 is 0 Å². The Balaban J connectivity index is 1.81. The predicted octanol–water partition coefficient (Wildman–Crippen LogP) is 8.60. The zero-order valence-electron chi connectivity index (χ0n) is 25.5. The van der Waals surface area contributed by atoms with E-state index in [4.69, 9.17) is 6.58 Å². The Morgan fingerprint density at radius 1 is 1.00 bits per heavy atom. The lowest BCUT2D eigenvalue weighted by Crippen LogP contribution is -2.53. The van der Waals surface area contributed by atoms with Gasteiger partial charge in [-0.3, -0.25) is 0 Å². The molecular weight excluding hydrogens is 503 g/mol. The lowest BCUT2D eigenvalue weighted by Gasteiger charge is -2.34. The summed E-state index contributed by atoms with van der Waals surface area (Å²) in [5, 5.41) is 5.05. The van der Waals surface area contributed by atoms with Crippen LogP contribution in [0.5, 0.6) is 0 Å². The van der Waals surface area contributed by atoms with Crippen molar-refractivity contribution in [3.63, 3.8) is 0 Å². The van der Waals surface area contributed by atoms with Gasteiger partial charge in [0.2, 0.25) is 5.69 Å². The number of allylic oxidation sites excluding steroid dienone is 4. The van der Waals surface area contributed by atoms with Crippen molar-refractivity contribution in [3.05, 3.63) is 109 Å². The van der Waals surface area contributed by atoms with Crippen LogP contribution in [0.2, 0.25) is 19.6 Å². The van der Waals surface area contributed by atoms with Gasteiger partial charge in [0.15, 0.2) is 12.2 Å². The number of fused-ring (bicyclic) bond motifs is 3. The van der Waals surface area contributed by atoms with E-state index in [0.29, 0.717) is 5.92 Å². The number of hydrogen-bond donors (Lipinski definition) is 1. The van der Waals surface area contributed by atoms with E-state index in [-0.39, 0.29) is 6.04 Å². The first-order chi connectivity index (χ1) is 19.2. The van der Waals surface area contributed by atoms with Crippen LogP contribution in [-0.2, 0) is 0 Å². The fourth-order valence-corrected chi connectivity index (χ4v) is 7.24. The summed E-state index contributed by atoms with van der Waals surface area (Å²) in [6, 6.07) is 22.7. The quantitative estimate of drug-likeness (QED) is 0.138. The highest BCUT2D eigenvalue weighted by Gasteiger charge is 2.41. The van der Waals surface area contributed by atoms with E-state index in [2.05, 4.69) is 141 Å². The fourth-order valence-electron chi connectivity index (χ4n) is 6.13. The van der Waals surface area contributed by atoms with Crippen molar-refractivity contribution in [1.29, 1.82) is 0 Å². The van der Waals surface area contributed by atoms with Crippen LogP contribution in [0.4, 0.5) is 11.4 Å². The first kappa shape index (κ1) is 29.6. The van der Waals surface area contributed by atoms with E-state index in [9.17, 15) is 0 Å². The van der Waals surface area contributed by atoms with Gasteiger partial charge >= 0.3 is 0 Å². The number of rotatable bonds is 12. The Kier molecular flexibility index (Phi) is 9.52. The number of nitrogens with zero attached hydrogens (tertiary/aromatic N) is 2. The lowest BCUT2D eigenvalue weighted by atomic mass is 9.78. The minimum Gasteiger partial charge on any atom is -0.384 e. The second-order valence-electron chi connectivity index (χ2n) is 12.0. The number of hydrogen-bond acceptors (Lipinski definition) is 2. The molecule has 1 aromatic heterocycles. The molecule has 3 aromatic rings. The van der Waals surface area contributed by atoms with Gasteiger partial charge in [0.05, 0.1) is 25.9 Å². The number of benzene rings is 2. The van der Waals surface area contributed by atoms with Crippen LogP contribution in [0.25, 0.3) is 11.3 Å². The molecule has 2 unspecified atom stereocenters. The van der Waals surface area contributed by atoms with E-state index < -0.39 is 8.07 Å². The summed E-state index contributed by atoms with van der Waals surface area (Å²) < 4.78 is 2.61. The summed E-state index contributed by atoms with van der Waals surface area (Å²) in [4.78, 5) is 2.40. The zero-order chi connectivity index (χ0) is 28.9. The molecule has 0 spiro atoms. The third-order valence-electron chi connectivity index (χ3n) is 8.18. The molecule has 210 valence electrons. The molecule has 1 aliphatic rings. The van der Waals surface area contributed by atoms with Gasteiger partial charge < -0.3 is 10.2 Å². The zero-order valence-corrected chi connectivity index (χ0v) is 26.5. The maximum Gasteiger partial charge on any atom is 0.213 e. The summed E-state index contributed by atoms with van der Waals surface area (Å²) in [5.41, 5.74) is 8.84. The molecule has 0 bridgehead atoms. The average molecular weight is 551 g/mol. The van der Waals surface area contributed by atoms with Gasteiger partial charge in [0.1, 0.15) is 0 Å². The van der Waals surface area contributed by atoms with E-state index in [1.165, 1.54) is 33.3 Å². The number of nitrogens with one attached hydrogen (secondary N) is 1. The van der Waals surface area contributed by atoms with Gasteiger partial charge in [-0.1, -0.05) is 86.9 Å². The molecular formula is C36H48N3Si+. The molecule has 4 heteroatoms. The smallest absolute Gasteiger partial charge is 0.213 e. The van der Waals surface area contributed by atoms with Crippen molar-refractivity contribution in [2.45, 2.75) is 71.6 Å². The molecule has 0 saturated heterocycles. The van der Waals surface area contributed by atoms with E-state index in [1.54, 1.807) is 0 Å². The minimum absolute atomic E-state index is 0.271. The highest BCUT2D eigenvalue weighted by Crippen LogP contribution is 2.44. The molecule has 3 nitrogen and oxygen atoms in total. The van der Waals surface area contributed by atoms with Gasteiger partial charge in [0.25, 0.3) is 0 Å². The van der Waals surface area contributed by atoms with Crippen LogP contribution in [0, 0.1) is 0 Å². The van der Waals surface area contributed by atoms with Crippen LogP contribution < -0.4 is 20.0 Å². The Labute approximate surface area is 244 Å². The van der Waals surface area contributed by atoms with E-state index in [1.807, 2.05) is 0 Å². The maximum absolute atomic E-state index is 4.72. The maximum atomic E-state index is 4.72. The van der Waals surface area contributed by atoms with Crippen molar-refractivity contribution in [2.75, 3.05) is 23.3 Å². The summed E-state index contributed by atoms with van der Waals surface area (Å²) >= 11 is 0. The van der Waals surface area contributed by atoms with Crippen LogP contribution in [-0.4, -0.2) is 21.2 Å². The highest BCUT2D eigenvalue weighted by atomic mass is 28.3. The highest BCUT2D eigenvalue weighted by molar-refractivity contribution is 6.88. The fraction of sp³-hybridized carbons (Fsp3) is 0.361. The largest absolute Gasteiger partial charge is 0.384 e. The summed E-state index contributed by atoms with van der Waals surface area (Å²) in [6.07, 6.45) is 9.66. The van der Waals surface area contributed by atoms with Gasteiger partial charge in [-0.25, -0.2) is 0 Å². The predicted molar refractivity (Wildman–Crippen MR) is 177 cm³/mol. The molecule has 1 aliphatic heterocycles. The van der Waals surface area contributed by atoms with Gasteiger partial charge in [0, 0.05) is 41.5 Å². The molecule has 2 heterocycles. The third kappa shape index (κ3) is 6.33. The van der Waals surface area contributed by atoms with Gasteiger partial charge in [-0.15, -0.1) is 0 Å². The van der Waals surface area contributed by atoms with Gasteiger partial charge in [-0.05, 0) is 57.4 Å². The summed E-state index contributed by atoms with van der Waals surface area (Å²) in [6.45, 7) is 24.6. The molecule has 0 fully saturated rings. The Hall–Kier alpha value is -3.37. The normalized spacial score (nSPS) is 16.4. The molecule has 4 rings (SSSR count). The second-order valence-corrected chi connectivity index (χ2v) is 17.1. The molecule has 0 saturated carbocycles. The number of pyridine rings is 1. The van der Waals surface area contributed by atoms with Crippen LogP contribution in [0.3, 0.4) is 0 Å². The Morgan fingerprint density at radius 2 is 1.73 bits per heavy atom. The number of para-hydroxylation sites is 2. The third-order valence-corrected chi connectivity index (χ3v) is 10.2. The topological polar surface area (TPSA) is 19.1 Å². The molecule has 0 radical (unpaired) electrons. The Bertz CT molecular complexity index is 1380. The summed E-state index contributed by atoms with van der Waals surface area (Å²) in [7, 11) is -1.51. The number of aromatic nitrogens is 1. The molecule has 0 aliphatic carbocycles. The lowest BCUT2D eigenvalue weighted by molar-refractivity contribution is -0.717. The van der Waals surface area contributed by atoms with Crippen molar-refractivity contribution < 1.29 is 4.57 Å². The SMILES string of the molecule is C=C(/C=C\C)CCC1c2ccccc2-c2ccc([Si](C)(C)C)c[n+]2C1CC(=C)N(CC)c1ccccc1NCC. The molecule has 2 atom stereocenters. The molecule has 40 heavy (non-hydrogen) atoms. The van der Waals surface area contributed by atoms with E-state index in [0.717, 1.165) is 43.7 Å². The minimum atomic E-state index is -1.51. The first-order valence-electron chi connectivity index (χ1n) is 14.9. The molecule has 2 aromatic carbocycles. The van der Waals surface area contributed by atoms with Crippen LogP contribution in [0.1, 0.15) is 57.6 Å². The summed E-state index contributed by atoms with van der Waals surface area (Å²) in [5.74, 6) is 0.368. The average Bonchev–Trinajstić information content (AvgIpc) is 2.93. The van der Waals surface area contributed by atoms with Gasteiger partial charge in [-0.2, -0.15) is 4.57 Å². The molecule has 0 amide bonds. The monoisotopic (exact) mass is 550 g/mol. The second kappa shape index (κ2) is 12.9. The number of anilines is 2. The van der Waals surface area contributed by atoms with Crippen molar-refractivity contribution in [2.24, 2.45) is 0 Å². The van der Waals surface area contributed by atoms with Crippen molar-refractivity contribution in [3.8, 4) is 11.3 Å². The van der Waals surface area contributed by atoms with Crippen LogP contribution in [0.15, 0.2) is 103 Å². The van der Waals surface area contributed by atoms with Crippen molar-refractivity contribution in [1.82, 2.24) is 0 Å². The van der Waals surface area contributed by atoms with Crippen molar-refractivity contribution >= 4 is 24.6 Å². The first-order valence-corrected chi connectivity index (χ1v) is 18.4. The Morgan fingerprint density at radius 3 is 2.42 bits per heavy atom. The standard InChI is InChI=1S/C36H48N3Si/c1-9-16-27(4)21-23-32-30-17-12-13-18-31(30)34-24-22-29(40(6,7)8)26-39(34)36(32)25-28(5)38(11-3)35-20-15-14-19-33(35)37-10-2/h9,12-20,22,24,26,32,36-37H,4-5,10-11,21,23,25H2,1-3,6-8H3/q+1/b16-9-. The van der Waals surface area contributed by atoms with Crippen LogP contribution >= 0.6 is 0 Å².